The van der Waals surface area contributed by atoms with Gasteiger partial charge in [0.15, 0.2) is 0 Å². The summed E-state index contributed by atoms with van der Waals surface area (Å²) in [6.07, 6.45) is 2.52. The minimum absolute atomic E-state index is 0.542. The van der Waals surface area contributed by atoms with Crippen LogP contribution in [0.1, 0.15) is 11.1 Å². The van der Waals surface area contributed by atoms with Crippen LogP contribution in [-0.4, -0.2) is 11.4 Å². The first-order chi connectivity index (χ1) is 10.8. The summed E-state index contributed by atoms with van der Waals surface area (Å²) >= 11 is 0. The molecule has 0 saturated carbocycles. The second-order valence-electron chi connectivity index (χ2n) is 5.08. The number of fused-ring (bicyclic) bond motifs is 1. The molecule has 2 aromatic carbocycles. The maximum absolute atomic E-state index is 10.3. The minimum Gasteiger partial charge on any atom is -0.381 e. The lowest BCUT2D eigenvalue weighted by molar-refractivity contribution is -0.109. The fraction of sp³-hybridized carbons (Fsp3) is 0.111. The molecule has 4 nitrogen and oxygen atoms in total. The van der Waals surface area contributed by atoms with Crippen molar-refractivity contribution in [2.45, 2.75) is 13.1 Å². The monoisotopic (exact) mass is 291 g/mol. The van der Waals surface area contributed by atoms with Crippen molar-refractivity contribution in [1.82, 2.24) is 10.3 Å². The number of nitrogens with one attached hydrogen (secondary N) is 2. The number of pyridine rings is 1. The van der Waals surface area contributed by atoms with Crippen molar-refractivity contribution in [1.29, 1.82) is 0 Å². The third kappa shape index (κ3) is 3.41. The Labute approximate surface area is 129 Å². The fourth-order valence-electron chi connectivity index (χ4n) is 2.39. The maximum Gasteiger partial charge on any atom is 0.207 e. The molecule has 0 aliphatic carbocycles. The van der Waals surface area contributed by atoms with Crippen molar-refractivity contribution < 1.29 is 4.79 Å². The maximum atomic E-state index is 10.3. The lowest BCUT2D eigenvalue weighted by Crippen LogP contribution is -2.10. The number of hydrogen-bond donors (Lipinski definition) is 2. The molecule has 2 N–H and O–H groups in total. The van der Waals surface area contributed by atoms with Crippen LogP contribution in [0, 0.1) is 0 Å². The van der Waals surface area contributed by atoms with E-state index in [1.54, 1.807) is 6.20 Å². The molecule has 0 fully saturated rings. The van der Waals surface area contributed by atoms with E-state index in [4.69, 9.17) is 0 Å². The predicted molar refractivity (Wildman–Crippen MR) is 88.4 cm³/mol. The molecular weight excluding hydrogens is 274 g/mol. The number of amides is 1. The van der Waals surface area contributed by atoms with Crippen LogP contribution >= 0.6 is 0 Å². The van der Waals surface area contributed by atoms with Gasteiger partial charge in [-0.3, -0.25) is 9.78 Å². The van der Waals surface area contributed by atoms with Gasteiger partial charge in [0.2, 0.25) is 6.41 Å². The Balaban J connectivity index is 1.69. The summed E-state index contributed by atoms with van der Waals surface area (Å²) in [6.45, 7) is 1.29. The summed E-state index contributed by atoms with van der Waals surface area (Å²) in [5, 5.41) is 7.22. The summed E-state index contributed by atoms with van der Waals surface area (Å²) < 4.78 is 0. The highest BCUT2D eigenvalue weighted by Crippen LogP contribution is 2.16. The van der Waals surface area contributed by atoms with Crippen LogP contribution in [0.15, 0.2) is 60.8 Å². The summed E-state index contributed by atoms with van der Waals surface area (Å²) in [6, 6.07) is 18.3. The number of anilines is 1. The Morgan fingerprint density at radius 1 is 0.955 bits per heavy atom. The predicted octanol–water partition coefficient (Wildman–Crippen LogP) is 3.09. The fourth-order valence-corrected chi connectivity index (χ4v) is 2.39. The molecule has 0 atom stereocenters. The van der Waals surface area contributed by atoms with Gasteiger partial charge in [-0.1, -0.05) is 24.3 Å². The van der Waals surface area contributed by atoms with Crippen LogP contribution in [0.4, 0.5) is 5.69 Å². The Kier molecular flexibility index (Phi) is 4.30. The third-order valence-electron chi connectivity index (χ3n) is 3.48. The zero-order chi connectivity index (χ0) is 15.2. The number of rotatable bonds is 6. The molecule has 0 aliphatic heterocycles. The molecule has 0 aliphatic rings. The third-order valence-corrected chi connectivity index (χ3v) is 3.48. The van der Waals surface area contributed by atoms with Crippen LogP contribution in [0.3, 0.4) is 0 Å². The van der Waals surface area contributed by atoms with E-state index < -0.39 is 0 Å². The van der Waals surface area contributed by atoms with E-state index in [2.05, 4.69) is 33.8 Å². The van der Waals surface area contributed by atoms with Gasteiger partial charge in [-0.25, -0.2) is 0 Å². The molecule has 0 radical (unpaired) electrons. The number of aromatic nitrogens is 1. The topological polar surface area (TPSA) is 54.0 Å². The van der Waals surface area contributed by atoms with Gasteiger partial charge in [0, 0.05) is 30.4 Å². The number of hydrogen-bond acceptors (Lipinski definition) is 3. The Morgan fingerprint density at radius 3 is 2.77 bits per heavy atom. The van der Waals surface area contributed by atoms with Crippen molar-refractivity contribution in [3.8, 4) is 0 Å². The summed E-state index contributed by atoms with van der Waals surface area (Å²) in [5.41, 5.74) is 4.32. The van der Waals surface area contributed by atoms with Gasteiger partial charge in [0.1, 0.15) is 0 Å². The first-order valence-corrected chi connectivity index (χ1v) is 7.19. The van der Waals surface area contributed by atoms with E-state index >= 15 is 0 Å². The Bertz CT molecular complexity index is 786. The number of benzene rings is 2. The van der Waals surface area contributed by atoms with Crippen molar-refractivity contribution >= 4 is 23.0 Å². The van der Waals surface area contributed by atoms with Crippen LogP contribution in [-0.2, 0) is 17.9 Å². The standard InChI is InChI=1S/C18H17N3O/c22-13-19-11-14-3-1-5-17(10-14)21-12-15-6-7-18-16(9-15)4-2-8-20-18/h1-10,13,21H,11-12H2,(H,19,22). The van der Waals surface area contributed by atoms with Gasteiger partial charge in [-0.15, -0.1) is 0 Å². The molecule has 110 valence electrons. The normalized spacial score (nSPS) is 10.4. The molecule has 1 heterocycles. The van der Waals surface area contributed by atoms with Crippen molar-refractivity contribution in [3.63, 3.8) is 0 Å². The number of carbonyl (C=O) groups is 1. The van der Waals surface area contributed by atoms with E-state index in [1.807, 2.05) is 36.4 Å². The number of carbonyl (C=O) groups excluding carboxylic acids is 1. The van der Waals surface area contributed by atoms with E-state index in [-0.39, 0.29) is 0 Å². The summed E-state index contributed by atoms with van der Waals surface area (Å²) in [7, 11) is 0. The molecule has 4 heteroatoms. The first kappa shape index (κ1) is 14.1. The van der Waals surface area contributed by atoms with Gasteiger partial charge in [-0.05, 0) is 41.5 Å². The SMILES string of the molecule is O=CNCc1cccc(NCc2ccc3ncccc3c2)c1. The first-order valence-electron chi connectivity index (χ1n) is 7.19. The Hall–Kier alpha value is -2.88. The van der Waals surface area contributed by atoms with Crippen molar-refractivity contribution in [2.24, 2.45) is 0 Å². The van der Waals surface area contributed by atoms with Crippen LogP contribution in [0.25, 0.3) is 10.9 Å². The molecule has 3 rings (SSSR count). The van der Waals surface area contributed by atoms with Crippen molar-refractivity contribution in [3.05, 3.63) is 71.9 Å². The molecule has 1 amide bonds. The molecule has 1 aromatic heterocycles. The largest absolute Gasteiger partial charge is 0.381 e. The average Bonchev–Trinajstić information content (AvgIpc) is 2.58. The van der Waals surface area contributed by atoms with E-state index in [9.17, 15) is 4.79 Å². The van der Waals surface area contributed by atoms with Crippen LogP contribution in [0.2, 0.25) is 0 Å². The van der Waals surface area contributed by atoms with Gasteiger partial charge in [0.05, 0.1) is 5.52 Å². The highest BCUT2D eigenvalue weighted by Gasteiger charge is 1.99. The zero-order valence-corrected chi connectivity index (χ0v) is 12.1. The number of nitrogens with zero attached hydrogens (tertiary/aromatic N) is 1. The highest BCUT2D eigenvalue weighted by atomic mass is 16.1. The van der Waals surface area contributed by atoms with Gasteiger partial charge >= 0.3 is 0 Å². The molecular formula is C18H17N3O. The van der Waals surface area contributed by atoms with Crippen molar-refractivity contribution in [2.75, 3.05) is 5.32 Å². The lowest BCUT2D eigenvalue weighted by Gasteiger charge is -2.09. The minimum atomic E-state index is 0.542. The molecule has 0 saturated heterocycles. The molecule has 0 bridgehead atoms. The van der Waals surface area contributed by atoms with Gasteiger partial charge < -0.3 is 10.6 Å². The van der Waals surface area contributed by atoms with E-state index in [0.717, 1.165) is 28.7 Å². The second kappa shape index (κ2) is 6.72. The van der Waals surface area contributed by atoms with Gasteiger partial charge in [0.25, 0.3) is 0 Å². The average molecular weight is 291 g/mol. The summed E-state index contributed by atoms with van der Waals surface area (Å²) in [5.74, 6) is 0. The quantitative estimate of drug-likeness (QED) is 0.686. The Morgan fingerprint density at radius 2 is 1.86 bits per heavy atom. The van der Waals surface area contributed by atoms with Crippen LogP contribution < -0.4 is 10.6 Å². The zero-order valence-electron chi connectivity index (χ0n) is 12.1. The second-order valence-corrected chi connectivity index (χ2v) is 5.08. The molecule has 0 spiro atoms. The molecule has 3 aromatic rings. The lowest BCUT2D eigenvalue weighted by atomic mass is 10.1. The van der Waals surface area contributed by atoms with E-state index in [1.165, 1.54) is 5.56 Å². The van der Waals surface area contributed by atoms with E-state index in [0.29, 0.717) is 13.0 Å². The highest BCUT2D eigenvalue weighted by molar-refractivity contribution is 5.79. The van der Waals surface area contributed by atoms with Gasteiger partial charge in [-0.2, -0.15) is 0 Å². The van der Waals surface area contributed by atoms with Crippen LogP contribution in [0.5, 0.6) is 0 Å². The summed E-state index contributed by atoms with van der Waals surface area (Å²) in [4.78, 5) is 14.7. The smallest absolute Gasteiger partial charge is 0.207 e. The molecule has 0 unspecified atom stereocenters. The molecule has 22 heavy (non-hydrogen) atoms.